The number of amides is 2. The molecular weight excluding hydrogens is 578 g/mol. The normalized spacial score (nSPS) is 17.3. The smallest absolute Gasteiger partial charge is 0.326 e. The maximum atomic E-state index is 10.4. The molecule has 5 rings (SSSR count). The Kier molecular flexibility index (Phi) is 12.1. The van der Waals surface area contributed by atoms with Gasteiger partial charge in [0, 0.05) is 52.9 Å². The number of pyridine rings is 1. The van der Waals surface area contributed by atoms with Crippen LogP contribution in [0, 0.1) is 0 Å². The van der Waals surface area contributed by atoms with Gasteiger partial charge in [-0.2, -0.15) is 0 Å². The summed E-state index contributed by atoms with van der Waals surface area (Å²) in [4.78, 5) is 47.7. The minimum atomic E-state index is -0.944. The van der Waals surface area contributed by atoms with Crippen LogP contribution in [0.2, 0.25) is 5.02 Å². The summed E-state index contributed by atoms with van der Waals surface area (Å²) in [6.07, 6.45) is 3.30. The van der Waals surface area contributed by atoms with Gasteiger partial charge < -0.3 is 31.3 Å². The van der Waals surface area contributed by atoms with Crippen LogP contribution in [0.1, 0.15) is 45.1 Å². The zero-order chi connectivity index (χ0) is 31.5. The Morgan fingerprint density at radius 2 is 1.56 bits per heavy atom. The Bertz CT molecular complexity index is 1430. The van der Waals surface area contributed by atoms with E-state index in [1.54, 1.807) is 12.3 Å². The van der Waals surface area contributed by atoms with E-state index in [0.717, 1.165) is 47.5 Å². The topological polar surface area (TPSA) is 181 Å². The van der Waals surface area contributed by atoms with Gasteiger partial charge in [-0.1, -0.05) is 25.4 Å². The number of rotatable bonds is 8. The fourth-order valence-electron chi connectivity index (χ4n) is 4.46. The number of aromatic nitrogens is 1. The van der Waals surface area contributed by atoms with Gasteiger partial charge in [0.05, 0.1) is 5.52 Å². The number of halogens is 1. The van der Waals surface area contributed by atoms with Crippen molar-refractivity contribution in [1.29, 1.82) is 0 Å². The van der Waals surface area contributed by atoms with E-state index in [1.165, 1.54) is 0 Å². The zero-order valence-electron chi connectivity index (χ0n) is 24.0. The molecule has 12 nitrogen and oxygen atoms in total. The Balaban J connectivity index is 0.000000228. The Morgan fingerprint density at radius 1 is 0.953 bits per heavy atom. The summed E-state index contributed by atoms with van der Waals surface area (Å²) in [5.41, 5.74) is 3.65. The number of benzene rings is 2. The lowest BCUT2D eigenvalue weighted by molar-refractivity contribution is -0.140. The number of carboxylic acids is 2. The molecule has 0 aliphatic carbocycles. The summed E-state index contributed by atoms with van der Waals surface area (Å²) in [5, 5.41) is 36.5. The molecule has 0 unspecified atom stereocenters. The molecule has 2 fully saturated rings. The van der Waals surface area contributed by atoms with E-state index in [-0.39, 0.29) is 11.8 Å². The van der Waals surface area contributed by atoms with Crippen molar-refractivity contribution in [2.24, 2.45) is 0 Å². The molecule has 2 aliphatic rings. The van der Waals surface area contributed by atoms with Crippen LogP contribution >= 0.6 is 11.6 Å². The molecule has 3 aromatic rings. The van der Waals surface area contributed by atoms with Crippen LogP contribution in [-0.2, 0) is 25.7 Å². The number of nitrogens with zero attached hydrogens (tertiary/aromatic N) is 2. The summed E-state index contributed by atoms with van der Waals surface area (Å²) < 4.78 is 0. The van der Waals surface area contributed by atoms with Gasteiger partial charge in [0.15, 0.2) is 0 Å². The van der Waals surface area contributed by atoms with Crippen molar-refractivity contribution in [3.05, 3.63) is 59.2 Å². The second-order valence-corrected chi connectivity index (χ2v) is 10.4. The molecule has 0 saturated carbocycles. The van der Waals surface area contributed by atoms with Crippen molar-refractivity contribution in [2.45, 2.75) is 58.2 Å². The summed E-state index contributed by atoms with van der Waals surface area (Å²) in [6.45, 7) is 6.86. The van der Waals surface area contributed by atoms with Crippen molar-refractivity contribution in [3.8, 4) is 5.75 Å². The lowest BCUT2D eigenvalue weighted by Gasteiger charge is -2.19. The van der Waals surface area contributed by atoms with Crippen molar-refractivity contribution in [1.82, 2.24) is 20.5 Å². The number of carboxylic acid groups (broad SMARTS) is 2. The molecule has 0 radical (unpaired) electrons. The summed E-state index contributed by atoms with van der Waals surface area (Å²) in [7, 11) is 0. The molecule has 2 aromatic carbocycles. The largest absolute Gasteiger partial charge is 0.508 e. The van der Waals surface area contributed by atoms with Crippen LogP contribution in [-0.4, -0.2) is 74.1 Å². The van der Waals surface area contributed by atoms with E-state index in [2.05, 4.69) is 39.7 Å². The number of aromatic hydroxyl groups is 1. The molecule has 2 saturated heterocycles. The van der Waals surface area contributed by atoms with Gasteiger partial charge in [0.2, 0.25) is 11.8 Å². The number of carbonyl (C=O) groups excluding carboxylic acids is 2. The van der Waals surface area contributed by atoms with Gasteiger partial charge in [0.1, 0.15) is 17.8 Å². The predicted molar refractivity (Wildman–Crippen MR) is 162 cm³/mol. The maximum absolute atomic E-state index is 10.4. The number of phenolic OH excluding ortho intramolecular Hbond substituents is 1. The minimum absolute atomic E-state index is 0.164. The van der Waals surface area contributed by atoms with E-state index in [1.807, 2.05) is 36.4 Å². The molecule has 3 heterocycles. The van der Waals surface area contributed by atoms with Crippen LogP contribution in [0.25, 0.3) is 10.9 Å². The second kappa shape index (κ2) is 15.7. The maximum Gasteiger partial charge on any atom is 0.326 e. The average Bonchev–Trinajstić information content (AvgIpc) is 3.62. The lowest BCUT2D eigenvalue weighted by Crippen LogP contribution is -2.32. The number of aliphatic carboxylic acids is 2. The van der Waals surface area contributed by atoms with Gasteiger partial charge in [-0.15, -0.1) is 0 Å². The molecule has 2 amide bonds. The number of nitrogens with one attached hydrogen (secondary N) is 3. The van der Waals surface area contributed by atoms with E-state index in [4.69, 9.17) is 21.8 Å². The predicted octanol–water partition coefficient (Wildman–Crippen LogP) is 3.88. The Morgan fingerprint density at radius 3 is 2.05 bits per heavy atom. The van der Waals surface area contributed by atoms with Gasteiger partial charge in [0.25, 0.3) is 0 Å². The van der Waals surface area contributed by atoms with Crippen molar-refractivity contribution >= 4 is 57.6 Å². The van der Waals surface area contributed by atoms with Crippen LogP contribution < -0.4 is 16.0 Å². The van der Waals surface area contributed by atoms with Crippen molar-refractivity contribution in [3.63, 3.8) is 0 Å². The van der Waals surface area contributed by atoms with Gasteiger partial charge in [-0.05, 0) is 68.4 Å². The summed E-state index contributed by atoms with van der Waals surface area (Å²) in [5.74, 6) is -1.89. The van der Waals surface area contributed by atoms with E-state index >= 15 is 0 Å². The van der Waals surface area contributed by atoms with E-state index in [0.29, 0.717) is 36.5 Å². The fraction of sp³-hybridized carbons (Fsp3) is 0.367. The molecule has 1 aromatic heterocycles. The number of phenols is 1. The molecule has 230 valence electrons. The molecule has 43 heavy (non-hydrogen) atoms. The highest BCUT2D eigenvalue weighted by molar-refractivity contribution is 6.31. The standard InChI is InChI=1S/C20H22ClN3O.2C5H7NO3/c1-3-24(4-2)13-14-11-16(6-8-20(14)25)23-18-9-10-22-19-12-15(21)5-7-17(18)19;2*7-4-2-1-3(6-4)5(8)9/h5-12,25H,3-4,13H2,1-2H3,(H,22,23);2*3H,1-2H2,(H,6,7)(H,8,9)/t;2*3-/m.00/s1. The van der Waals surface area contributed by atoms with Crippen molar-refractivity contribution in [2.75, 3.05) is 18.4 Å². The minimum Gasteiger partial charge on any atom is -0.508 e. The SMILES string of the molecule is CCN(CC)Cc1cc(Nc2ccnc3cc(Cl)ccc23)ccc1O.O=C1CC[C@@H](C(=O)O)N1.O=C1CC[C@@H](C(=O)O)N1. The molecule has 6 N–H and O–H groups in total. The first-order valence-electron chi connectivity index (χ1n) is 13.9. The third-order valence-corrected chi connectivity index (χ3v) is 7.17. The second-order valence-electron chi connectivity index (χ2n) is 9.94. The Hall–Kier alpha value is -4.42. The highest BCUT2D eigenvalue weighted by atomic mass is 35.5. The van der Waals surface area contributed by atoms with Crippen molar-refractivity contribution < 1.29 is 34.5 Å². The number of fused-ring (bicyclic) bond motifs is 1. The molecule has 0 bridgehead atoms. The van der Waals surface area contributed by atoms with Crippen LogP contribution in [0.5, 0.6) is 5.75 Å². The molecule has 0 spiro atoms. The quantitative estimate of drug-likeness (QED) is 0.204. The lowest BCUT2D eigenvalue weighted by atomic mass is 10.1. The number of hydrogen-bond acceptors (Lipinski definition) is 8. The van der Waals surface area contributed by atoms with E-state index in [9.17, 15) is 24.3 Å². The molecular formula is C30H36ClN5O7. The van der Waals surface area contributed by atoms with Crippen LogP contribution in [0.15, 0.2) is 48.7 Å². The van der Waals surface area contributed by atoms with Crippen LogP contribution in [0.4, 0.5) is 11.4 Å². The zero-order valence-corrected chi connectivity index (χ0v) is 24.7. The fourth-order valence-corrected chi connectivity index (χ4v) is 4.63. The third kappa shape index (κ3) is 9.83. The first-order chi connectivity index (χ1) is 20.5. The van der Waals surface area contributed by atoms with E-state index < -0.39 is 24.0 Å². The molecule has 2 aliphatic heterocycles. The Labute approximate surface area is 254 Å². The summed E-state index contributed by atoms with van der Waals surface area (Å²) >= 11 is 6.05. The number of hydrogen-bond donors (Lipinski definition) is 6. The molecule has 13 heteroatoms. The van der Waals surface area contributed by atoms with Gasteiger partial charge >= 0.3 is 11.9 Å². The van der Waals surface area contributed by atoms with Crippen LogP contribution in [0.3, 0.4) is 0 Å². The monoisotopic (exact) mass is 613 g/mol. The summed E-state index contributed by atoms with van der Waals surface area (Å²) in [6, 6.07) is 11.9. The first kappa shape index (κ1) is 33.1. The number of carbonyl (C=O) groups is 4. The first-order valence-corrected chi connectivity index (χ1v) is 14.3. The third-order valence-electron chi connectivity index (χ3n) is 6.94. The highest BCUT2D eigenvalue weighted by Crippen LogP contribution is 2.29. The highest BCUT2D eigenvalue weighted by Gasteiger charge is 2.26. The van der Waals surface area contributed by atoms with Gasteiger partial charge in [-0.25, -0.2) is 9.59 Å². The number of anilines is 2. The molecule has 2 atom stereocenters. The average molecular weight is 614 g/mol. The van der Waals surface area contributed by atoms with Gasteiger partial charge in [-0.3, -0.25) is 19.5 Å².